The first-order valence-corrected chi connectivity index (χ1v) is 15.9. The molecule has 0 bridgehead atoms. The van der Waals surface area contributed by atoms with E-state index in [0.717, 1.165) is 87.9 Å². The molecule has 5 nitrogen and oxygen atoms in total. The maximum Gasteiger partial charge on any atom is 0.306 e. The molecule has 44 heavy (non-hydrogen) atoms. The topological polar surface area (TPSA) is 58.4 Å². The second-order valence-corrected chi connectivity index (χ2v) is 13.0. The maximum absolute atomic E-state index is 14.2. The largest absolute Gasteiger partial charge is 0.481 e. The number of aliphatic carboxylic acids is 1. The number of aryl methyl sites for hydroxylation is 1. The molecule has 0 radical (unpaired) electrons. The van der Waals surface area contributed by atoms with Crippen molar-refractivity contribution in [3.63, 3.8) is 0 Å². The van der Waals surface area contributed by atoms with Crippen LogP contribution in [0.25, 0.3) is 0 Å². The van der Waals surface area contributed by atoms with Gasteiger partial charge in [0, 0.05) is 31.1 Å². The van der Waals surface area contributed by atoms with Gasteiger partial charge in [-0.1, -0.05) is 37.1 Å². The summed E-state index contributed by atoms with van der Waals surface area (Å²) in [6, 6.07) is 15.9. The lowest BCUT2D eigenvalue weighted by Gasteiger charge is -2.35. The van der Waals surface area contributed by atoms with Gasteiger partial charge in [0.2, 0.25) is 0 Å². The molecule has 240 valence electrons. The lowest BCUT2D eigenvalue weighted by atomic mass is 9.85. The summed E-state index contributed by atoms with van der Waals surface area (Å²) in [5.41, 5.74) is 4.20. The van der Waals surface area contributed by atoms with Gasteiger partial charge < -0.3 is 10.0 Å². The first kappa shape index (κ1) is 34.4. The van der Waals surface area contributed by atoms with E-state index < -0.39 is 5.97 Å². The van der Waals surface area contributed by atoms with Crippen LogP contribution < -0.4 is 0 Å². The zero-order valence-electron chi connectivity index (χ0n) is 25.4. The lowest BCUT2D eigenvalue weighted by molar-refractivity contribution is -0.144. The molecule has 0 spiro atoms. The van der Waals surface area contributed by atoms with Crippen molar-refractivity contribution in [2.24, 2.45) is 23.7 Å². The molecule has 2 heterocycles. The number of benzene rings is 2. The highest BCUT2D eigenvalue weighted by atomic mass is 35.5. The highest BCUT2D eigenvalue weighted by molar-refractivity contribution is 5.85. The molecule has 3 fully saturated rings. The molecule has 3 unspecified atom stereocenters. The van der Waals surface area contributed by atoms with Crippen LogP contribution in [-0.2, 0) is 17.8 Å². The number of likely N-dealkylation sites (tertiary alicyclic amines) is 1. The van der Waals surface area contributed by atoms with Crippen molar-refractivity contribution in [3.8, 4) is 0 Å². The average molecular weight is 649 g/mol. The molecule has 1 saturated heterocycles. The molecule has 4 atom stereocenters. The molecule has 9 heteroatoms. The quantitative estimate of drug-likeness (QED) is 0.228. The summed E-state index contributed by atoms with van der Waals surface area (Å²) in [6.07, 6.45) is 7.56. The molecule has 2 saturated carbocycles. The van der Waals surface area contributed by atoms with Crippen LogP contribution in [0.1, 0.15) is 86.2 Å². The number of aromatic nitrogens is 2. The van der Waals surface area contributed by atoms with Crippen LogP contribution in [0.15, 0.2) is 54.6 Å². The summed E-state index contributed by atoms with van der Waals surface area (Å²) in [4.78, 5) is 14.8. The molecular weight excluding hydrogens is 603 g/mol. The van der Waals surface area contributed by atoms with Crippen molar-refractivity contribution >= 4 is 30.8 Å². The highest BCUT2D eigenvalue weighted by Crippen LogP contribution is 2.49. The van der Waals surface area contributed by atoms with E-state index in [1.54, 1.807) is 24.3 Å². The standard InChI is InChI=1S/C35H43F2N3O2.2ClH/c1-2-40-34(21-31(38-40)16-24-5-3-7-29(36)15-24)25-11-13-39(14-12-25)22-28-18-27(33(35(41)42)17-23-9-10-23)20-32(28)26-6-4-8-30(37)19-26;;/h3-8,15,19,21,23,25,27-28,32-33H,2,9-14,16-18,20,22H2,1H3,(H,41,42);2*1H/t27?,28?,32?,33-;;/m0../s1. The first-order chi connectivity index (χ1) is 20.4. The Labute approximate surface area is 272 Å². The summed E-state index contributed by atoms with van der Waals surface area (Å²) in [5, 5.41) is 14.9. The van der Waals surface area contributed by atoms with Gasteiger partial charge in [0.05, 0.1) is 11.6 Å². The molecule has 1 N–H and O–H groups in total. The van der Waals surface area contributed by atoms with Gasteiger partial charge in [0.1, 0.15) is 11.6 Å². The number of piperidine rings is 1. The van der Waals surface area contributed by atoms with Gasteiger partial charge in [-0.2, -0.15) is 5.10 Å². The van der Waals surface area contributed by atoms with E-state index in [1.807, 2.05) is 12.1 Å². The molecule has 2 aromatic carbocycles. The van der Waals surface area contributed by atoms with E-state index in [4.69, 9.17) is 5.10 Å². The molecule has 6 rings (SSSR count). The van der Waals surface area contributed by atoms with E-state index in [9.17, 15) is 18.7 Å². The average Bonchev–Trinajstić information content (AvgIpc) is 3.57. The Kier molecular flexibility index (Phi) is 11.9. The van der Waals surface area contributed by atoms with Crippen LogP contribution in [0.5, 0.6) is 0 Å². The van der Waals surface area contributed by atoms with Crippen molar-refractivity contribution in [3.05, 3.63) is 88.7 Å². The van der Waals surface area contributed by atoms with Gasteiger partial charge in [0.25, 0.3) is 0 Å². The Balaban J connectivity index is 0.00000221. The van der Waals surface area contributed by atoms with Crippen molar-refractivity contribution in [2.75, 3.05) is 19.6 Å². The fourth-order valence-corrected chi connectivity index (χ4v) is 7.81. The van der Waals surface area contributed by atoms with Crippen molar-refractivity contribution < 1.29 is 18.7 Å². The predicted molar refractivity (Wildman–Crippen MR) is 174 cm³/mol. The van der Waals surface area contributed by atoms with Crippen LogP contribution in [0.2, 0.25) is 0 Å². The zero-order chi connectivity index (χ0) is 29.2. The fourth-order valence-electron chi connectivity index (χ4n) is 7.81. The molecule has 0 amide bonds. The monoisotopic (exact) mass is 647 g/mol. The lowest BCUT2D eigenvalue weighted by Crippen LogP contribution is -2.37. The summed E-state index contributed by atoms with van der Waals surface area (Å²) in [7, 11) is 0. The number of hydrogen-bond donors (Lipinski definition) is 1. The van der Waals surface area contributed by atoms with Gasteiger partial charge in [0.15, 0.2) is 0 Å². The van der Waals surface area contributed by atoms with Crippen molar-refractivity contribution in [1.82, 2.24) is 14.7 Å². The van der Waals surface area contributed by atoms with E-state index in [1.165, 1.54) is 17.8 Å². The van der Waals surface area contributed by atoms with Gasteiger partial charge in [-0.05, 0) is 117 Å². The number of carboxylic acid groups (broad SMARTS) is 1. The van der Waals surface area contributed by atoms with Gasteiger partial charge in [-0.3, -0.25) is 9.48 Å². The normalized spacial score (nSPS) is 23.1. The summed E-state index contributed by atoms with van der Waals surface area (Å²) >= 11 is 0. The SMILES string of the molecule is CCn1nc(Cc2cccc(F)c2)cc1C1CCN(CC2CC([C@H](CC3CC3)C(=O)O)CC2c2cccc(F)c2)CC1.Cl.Cl. The predicted octanol–water partition coefficient (Wildman–Crippen LogP) is 8.11. The third kappa shape index (κ3) is 8.21. The maximum atomic E-state index is 14.2. The van der Waals surface area contributed by atoms with Crippen LogP contribution in [0.4, 0.5) is 8.78 Å². The van der Waals surface area contributed by atoms with Crippen LogP contribution in [0, 0.1) is 35.3 Å². The minimum absolute atomic E-state index is 0. The Morgan fingerprint density at radius 3 is 2.32 bits per heavy atom. The number of rotatable bonds is 11. The number of halogens is 4. The van der Waals surface area contributed by atoms with E-state index >= 15 is 0 Å². The van der Waals surface area contributed by atoms with E-state index in [0.29, 0.717) is 24.2 Å². The van der Waals surface area contributed by atoms with Crippen LogP contribution in [0.3, 0.4) is 0 Å². The van der Waals surface area contributed by atoms with Gasteiger partial charge in [-0.15, -0.1) is 24.8 Å². The van der Waals surface area contributed by atoms with Gasteiger partial charge in [-0.25, -0.2) is 8.78 Å². The molecule has 2 aliphatic carbocycles. The van der Waals surface area contributed by atoms with Crippen LogP contribution in [-0.4, -0.2) is 45.4 Å². The fraction of sp³-hybridized carbons (Fsp3) is 0.543. The number of nitrogens with zero attached hydrogens (tertiary/aromatic N) is 3. The number of hydrogen-bond acceptors (Lipinski definition) is 3. The minimum Gasteiger partial charge on any atom is -0.481 e. The molecule has 3 aromatic rings. The Morgan fingerprint density at radius 1 is 0.977 bits per heavy atom. The third-order valence-corrected chi connectivity index (χ3v) is 10.1. The minimum atomic E-state index is -0.657. The van der Waals surface area contributed by atoms with Crippen molar-refractivity contribution in [1.29, 1.82) is 0 Å². The Hall–Kier alpha value is -2.48. The summed E-state index contributed by atoms with van der Waals surface area (Å²) < 4.78 is 30.1. The first-order valence-electron chi connectivity index (χ1n) is 15.9. The highest BCUT2D eigenvalue weighted by Gasteiger charge is 2.43. The molecule has 1 aliphatic heterocycles. The molecule has 1 aromatic heterocycles. The zero-order valence-corrected chi connectivity index (χ0v) is 27.0. The Bertz CT molecular complexity index is 1390. The van der Waals surface area contributed by atoms with Crippen LogP contribution >= 0.6 is 24.8 Å². The Morgan fingerprint density at radius 2 is 1.68 bits per heavy atom. The molecule has 3 aliphatic rings. The summed E-state index contributed by atoms with van der Waals surface area (Å²) in [6.45, 7) is 5.83. The number of carbonyl (C=O) groups is 1. The van der Waals surface area contributed by atoms with E-state index in [-0.39, 0.29) is 54.2 Å². The summed E-state index contributed by atoms with van der Waals surface area (Å²) in [5.74, 6) is 0.287. The second kappa shape index (κ2) is 15.2. The van der Waals surface area contributed by atoms with E-state index in [2.05, 4.69) is 22.6 Å². The van der Waals surface area contributed by atoms with Gasteiger partial charge >= 0.3 is 5.97 Å². The molecular formula is C35H45Cl2F2N3O2. The third-order valence-electron chi connectivity index (χ3n) is 10.1. The second-order valence-electron chi connectivity index (χ2n) is 13.0. The van der Waals surface area contributed by atoms with Crippen molar-refractivity contribution in [2.45, 2.75) is 76.7 Å². The smallest absolute Gasteiger partial charge is 0.306 e. The number of carboxylic acids is 1.